The molecule has 2 rings (SSSR count). The van der Waals surface area contributed by atoms with E-state index in [1.165, 1.54) is 0 Å². The SMILES string of the molecule is CCNC(=NCc1cccc(C(=O)NC)c1)NCC(C)N1CCOCC1.I. The quantitative estimate of drug-likeness (QED) is 0.307. The van der Waals surface area contributed by atoms with Crippen LogP contribution >= 0.6 is 24.0 Å². The molecule has 1 aromatic carbocycles. The Morgan fingerprint density at radius 1 is 1.30 bits per heavy atom. The van der Waals surface area contributed by atoms with Crippen molar-refractivity contribution < 1.29 is 9.53 Å². The minimum absolute atomic E-state index is 0. The summed E-state index contributed by atoms with van der Waals surface area (Å²) < 4.78 is 5.41. The largest absolute Gasteiger partial charge is 0.379 e. The number of carbonyl (C=O) groups is 1. The average molecular weight is 489 g/mol. The van der Waals surface area contributed by atoms with Gasteiger partial charge in [0.2, 0.25) is 0 Å². The molecule has 0 saturated carbocycles. The van der Waals surface area contributed by atoms with Crippen LogP contribution in [0.25, 0.3) is 0 Å². The maximum absolute atomic E-state index is 11.7. The second kappa shape index (κ2) is 12.9. The summed E-state index contributed by atoms with van der Waals surface area (Å²) in [5.41, 5.74) is 1.66. The third kappa shape index (κ3) is 8.02. The number of guanidine groups is 1. The standard InChI is InChI=1S/C19H31N5O2.HI/c1-4-21-19(22-13-15(2)24-8-10-26-11-9-24)23-14-16-6-5-7-17(12-16)18(25)20-3;/h5-7,12,15H,4,8-11,13-14H2,1-3H3,(H,20,25)(H2,21,22,23);1H. The molecule has 1 aromatic rings. The normalized spacial score (nSPS) is 16.2. The smallest absolute Gasteiger partial charge is 0.251 e. The Morgan fingerprint density at radius 3 is 2.70 bits per heavy atom. The Bertz CT molecular complexity index is 606. The summed E-state index contributed by atoms with van der Waals surface area (Å²) in [4.78, 5) is 18.8. The zero-order chi connectivity index (χ0) is 18.8. The molecule has 0 aliphatic carbocycles. The van der Waals surface area contributed by atoms with Crippen LogP contribution in [-0.2, 0) is 11.3 Å². The van der Waals surface area contributed by atoms with Gasteiger partial charge in [0.25, 0.3) is 5.91 Å². The number of halogens is 1. The number of rotatable bonds is 7. The Morgan fingerprint density at radius 2 is 2.04 bits per heavy atom. The molecule has 0 radical (unpaired) electrons. The number of benzene rings is 1. The lowest BCUT2D eigenvalue weighted by Gasteiger charge is -2.32. The zero-order valence-electron chi connectivity index (χ0n) is 16.5. The number of hydrogen-bond donors (Lipinski definition) is 3. The average Bonchev–Trinajstić information content (AvgIpc) is 2.70. The first-order valence-corrected chi connectivity index (χ1v) is 9.29. The summed E-state index contributed by atoms with van der Waals surface area (Å²) in [5, 5.41) is 9.33. The molecule has 152 valence electrons. The minimum atomic E-state index is -0.0832. The van der Waals surface area contributed by atoms with Crippen LogP contribution in [-0.4, -0.2) is 69.2 Å². The molecule has 7 nitrogen and oxygen atoms in total. The highest BCUT2D eigenvalue weighted by Gasteiger charge is 2.17. The molecule has 1 aliphatic heterocycles. The summed E-state index contributed by atoms with van der Waals surface area (Å²) in [6.07, 6.45) is 0. The number of nitrogens with one attached hydrogen (secondary N) is 3. The first kappa shape index (κ1) is 23.6. The van der Waals surface area contributed by atoms with Crippen molar-refractivity contribution in [1.29, 1.82) is 0 Å². The second-order valence-corrected chi connectivity index (χ2v) is 6.35. The molecule has 3 N–H and O–H groups in total. The molecule has 1 heterocycles. The van der Waals surface area contributed by atoms with Gasteiger partial charge in [-0.2, -0.15) is 0 Å². The van der Waals surface area contributed by atoms with E-state index in [2.05, 4.69) is 39.7 Å². The highest BCUT2D eigenvalue weighted by Crippen LogP contribution is 2.07. The zero-order valence-corrected chi connectivity index (χ0v) is 18.8. The van der Waals surface area contributed by atoms with Gasteiger partial charge in [-0.1, -0.05) is 12.1 Å². The lowest BCUT2D eigenvalue weighted by atomic mass is 10.1. The van der Waals surface area contributed by atoms with Crippen LogP contribution in [0.5, 0.6) is 0 Å². The van der Waals surface area contributed by atoms with Crippen LogP contribution in [0.2, 0.25) is 0 Å². The van der Waals surface area contributed by atoms with Gasteiger partial charge < -0.3 is 20.7 Å². The van der Waals surface area contributed by atoms with Crippen molar-refractivity contribution in [3.8, 4) is 0 Å². The van der Waals surface area contributed by atoms with Gasteiger partial charge in [-0.3, -0.25) is 9.69 Å². The minimum Gasteiger partial charge on any atom is -0.379 e. The molecule has 0 bridgehead atoms. The van der Waals surface area contributed by atoms with Gasteiger partial charge in [0.15, 0.2) is 5.96 Å². The number of ether oxygens (including phenoxy) is 1. The maximum atomic E-state index is 11.7. The number of morpholine rings is 1. The van der Waals surface area contributed by atoms with E-state index in [9.17, 15) is 4.79 Å². The van der Waals surface area contributed by atoms with Crippen LogP contribution in [0.4, 0.5) is 0 Å². The molecule has 0 spiro atoms. The molecule has 1 aliphatic rings. The summed E-state index contributed by atoms with van der Waals surface area (Å²) in [7, 11) is 1.63. The Kier molecular flexibility index (Phi) is 11.3. The predicted octanol–water partition coefficient (Wildman–Crippen LogP) is 1.44. The van der Waals surface area contributed by atoms with Crippen molar-refractivity contribution in [3.05, 3.63) is 35.4 Å². The topological polar surface area (TPSA) is 78.0 Å². The molecule has 1 unspecified atom stereocenters. The van der Waals surface area contributed by atoms with Crippen LogP contribution in [0.15, 0.2) is 29.3 Å². The van der Waals surface area contributed by atoms with Crippen molar-refractivity contribution >= 4 is 35.8 Å². The fourth-order valence-corrected chi connectivity index (χ4v) is 2.86. The molecule has 8 heteroatoms. The highest BCUT2D eigenvalue weighted by atomic mass is 127. The monoisotopic (exact) mass is 489 g/mol. The molecule has 1 fully saturated rings. The molecule has 1 amide bonds. The molecular formula is C19H32IN5O2. The third-order valence-corrected chi connectivity index (χ3v) is 4.41. The molecule has 1 saturated heterocycles. The van der Waals surface area contributed by atoms with E-state index < -0.39 is 0 Å². The van der Waals surface area contributed by atoms with Crippen molar-refractivity contribution in [1.82, 2.24) is 20.9 Å². The van der Waals surface area contributed by atoms with Crippen molar-refractivity contribution in [3.63, 3.8) is 0 Å². The fraction of sp³-hybridized carbons (Fsp3) is 0.579. The van der Waals surface area contributed by atoms with Gasteiger partial charge in [-0.05, 0) is 31.5 Å². The van der Waals surface area contributed by atoms with E-state index in [1.54, 1.807) is 13.1 Å². The summed E-state index contributed by atoms with van der Waals surface area (Å²) in [5.74, 6) is 0.707. The van der Waals surface area contributed by atoms with Crippen molar-refractivity contribution in [2.75, 3.05) is 46.4 Å². The van der Waals surface area contributed by atoms with Crippen LogP contribution in [0, 0.1) is 0 Å². The van der Waals surface area contributed by atoms with Gasteiger partial charge in [0.1, 0.15) is 0 Å². The number of nitrogens with zero attached hydrogens (tertiary/aromatic N) is 2. The first-order chi connectivity index (χ1) is 12.6. The van der Waals surface area contributed by atoms with E-state index in [4.69, 9.17) is 4.74 Å². The van der Waals surface area contributed by atoms with Crippen molar-refractivity contribution in [2.24, 2.45) is 4.99 Å². The van der Waals surface area contributed by atoms with Gasteiger partial charge in [-0.15, -0.1) is 24.0 Å². The van der Waals surface area contributed by atoms with Gasteiger partial charge in [-0.25, -0.2) is 4.99 Å². The summed E-state index contributed by atoms with van der Waals surface area (Å²) in [6.45, 7) is 9.97. The molecule has 1 atom stereocenters. The number of amides is 1. The van der Waals surface area contributed by atoms with E-state index in [-0.39, 0.29) is 29.9 Å². The summed E-state index contributed by atoms with van der Waals surface area (Å²) in [6, 6.07) is 7.97. The van der Waals surface area contributed by atoms with Crippen LogP contribution in [0.1, 0.15) is 29.8 Å². The number of aliphatic imine (C=N–C) groups is 1. The molecule has 27 heavy (non-hydrogen) atoms. The Balaban J connectivity index is 0.00000364. The van der Waals surface area contributed by atoms with Crippen molar-refractivity contribution in [2.45, 2.75) is 26.4 Å². The highest BCUT2D eigenvalue weighted by molar-refractivity contribution is 14.0. The van der Waals surface area contributed by atoms with Crippen LogP contribution in [0.3, 0.4) is 0 Å². The maximum Gasteiger partial charge on any atom is 0.251 e. The number of carbonyl (C=O) groups excluding carboxylic acids is 1. The first-order valence-electron chi connectivity index (χ1n) is 9.29. The fourth-order valence-electron chi connectivity index (χ4n) is 2.86. The van der Waals surface area contributed by atoms with E-state index >= 15 is 0 Å². The Labute approximate surface area is 179 Å². The predicted molar refractivity (Wildman–Crippen MR) is 120 cm³/mol. The van der Waals surface area contributed by atoms with E-state index in [0.717, 1.165) is 50.9 Å². The van der Waals surface area contributed by atoms with E-state index in [1.807, 2.05) is 18.2 Å². The lowest BCUT2D eigenvalue weighted by molar-refractivity contribution is 0.0211. The molecular weight excluding hydrogens is 457 g/mol. The van der Waals surface area contributed by atoms with Crippen LogP contribution < -0.4 is 16.0 Å². The summed E-state index contributed by atoms with van der Waals surface area (Å²) >= 11 is 0. The third-order valence-electron chi connectivity index (χ3n) is 4.41. The van der Waals surface area contributed by atoms with Gasteiger partial charge >= 0.3 is 0 Å². The van der Waals surface area contributed by atoms with Gasteiger partial charge in [0, 0.05) is 44.8 Å². The Hall–Kier alpha value is -1.39. The lowest BCUT2D eigenvalue weighted by Crippen LogP contribution is -2.49. The van der Waals surface area contributed by atoms with E-state index in [0.29, 0.717) is 18.2 Å². The second-order valence-electron chi connectivity index (χ2n) is 6.35. The molecule has 0 aromatic heterocycles. The number of hydrogen-bond acceptors (Lipinski definition) is 4. The van der Waals surface area contributed by atoms with Gasteiger partial charge in [0.05, 0.1) is 19.8 Å².